The van der Waals surface area contributed by atoms with Gasteiger partial charge in [-0.25, -0.2) is 4.79 Å². The third kappa shape index (κ3) is 11.4. The molecular weight excluding hydrogens is 208 g/mol. The highest BCUT2D eigenvalue weighted by Gasteiger charge is 1.96. The van der Waals surface area contributed by atoms with Gasteiger partial charge in [-0.15, -0.1) is 0 Å². The van der Waals surface area contributed by atoms with Crippen LogP contribution in [0.15, 0.2) is 0 Å². The lowest BCUT2D eigenvalue weighted by Crippen LogP contribution is -2.12. The van der Waals surface area contributed by atoms with E-state index < -0.39 is 5.97 Å². The normalized spacial score (nSPS) is 10.1. The first-order chi connectivity index (χ1) is 6.63. The molecule has 0 spiro atoms. The molecule has 0 unspecified atom stereocenters. The molecule has 14 heavy (non-hydrogen) atoms. The van der Waals surface area contributed by atoms with E-state index in [1.165, 1.54) is 18.7 Å². The first-order valence-electron chi connectivity index (χ1n) is 4.13. The Bertz CT molecular complexity index is 163. The Morgan fingerprint density at radius 3 is 2.43 bits per heavy atom. The highest BCUT2D eigenvalue weighted by atomic mass is 32.2. The molecule has 0 aliphatic carbocycles. The Labute approximate surface area is 86.8 Å². The van der Waals surface area contributed by atoms with E-state index in [2.05, 4.69) is 0 Å². The minimum atomic E-state index is -0.989. The van der Waals surface area contributed by atoms with Crippen molar-refractivity contribution >= 4 is 22.8 Å². The summed E-state index contributed by atoms with van der Waals surface area (Å²) in [7, 11) is 0. The summed E-state index contributed by atoms with van der Waals surface area (Å²) in [4.78, 5) is 20.5. The van der Waals surface area contributed by atoms with Crippen LogP contribution in [0, 0.1) is 0 Å². The van der Waals surface area contributed by atoms with Gasteiger partial charge >= 0.3 is 5.97 Å². The fourth-order valence-electron chi connectivity index (χ4n) is 0.624. The van der Waals surface area contributed by atoms with Crippen molar-refractivity contribution in [2.24, 2.45) is 0 Å². The predicted octanol–water partition coefficient (Wildman–Crippen LogP) is 0.384. The Hall–Kier alpha value is -0.590. The Morgan fingerprint density at radius 2 is 1.86 bits per heavy atom. The van der Waals surface area contributed by atoms with Crippen LogP contribution in [0.2, 0.25) is 0 Å². The van der Waals surface area contributed by atoms with Crippen LogP contribution in [0.1, 0.15) is 6.92 Å². The lowest BCUT2D eigenvalue weighted by molar-refractivity contribution is -0.142. The van der Waals surface area contributed by atoms with Crippen molar-refractivity contribution in [1.82, 2.24) is 0 Å². The number of carboxylic acid groups (broad SMARTS) is 1. The molecule has 0 aromatic heterocycles. The fraction of sp³-hybridized carbons (Fsp3) is 0.750. The number of hydrogen-bond donors (Lipinski definition) is 1. The maximum absolute atomic E-state index is 10.5. The summed E-state index contributed by atoms with van der Waals surface area (Å²) in [5, 5.41) is 8.27. The average molecular weight is 222 g/mol. The predicted molar refractivity (Wildman–Crippen MR) is 52.4 cm³/mol. The van der Waals surface area contributed by atoms with E-state index in [1.807, 2.05) is 0 Å². The molecule has 0 atom stereocenters. The molecule has 0 bridgehead atoms. The standard InChI is InChI=1S/C8H14O5S/c1-7(9)14-5-4-12-2-3-13-6-8(10)11/h2-6H2,1H3,(H,10,11). The van der Waals surface area contributed by atoms with Crippen molar-refractivity contribution < 1.29 is 24.2 Å². The summed E-state index contributed by atoms with van der Waals surface area (Å²) in [6.45, 7) is 2.29. The smallest absolute Gasteiger partial charge is 0.329 e. The van der Waals surface area contributed by atoms with Crippen molar-refractivity contribution in [3.63, 3.8) is 0 Å². The molecule has 5 nitrogen and oxygen atoms in total. The lowest BCUT2D eigenvalue weighted by Gasteiger charge is -2.02. The molecule has 0 saturated carbocycles. The molecule has 1 N–H and O–H groups in total. The molecule has 0 fully saturated rings. The number of rotatable bonds is 8. The minimum Gasteiger partial charge on any atom is -0.480 e. The van der Waals surface area contributed by atoms with E-state index in [9.17, 15) is 9.59 Å². The summed E-state index contributed by atoms with van der Waals surface area (Å²) in [6, 6.07) is 0. The van der Waals surface area contributed by atoms with Crippen LogP contribution in [-0.4, -0.2) is 48.4 Å². The first kappa shape index (κ1) is 13.4. The zero-order chi connectivity index (χ0) is 10.8. The molecule has 0 aromatic carbocycles. The van der Waals surface area contributed by atoms with E-state index in [-0.39, 0.29) is 18.3 Å². The number of carbonyl (C=O) groups excluding carboxylic acids is 1. The largest absolute Gasteiger partial charge is 0.480 e. The lowest BCUT2D eigenvalue weighted by atomic mass is 10.7. The fourth-order valence-corrected chi connectivity index (χ4v) is 1.11. The number of carboxylic acids is 1. The van der Waals surface area contributed by atoms with Gasteiger partial charge in [-0.2, -0.15) is 0 Å². The molecule has 0 aromatic rings. The molecule has 0 saturated heterocycles. The van der Waals surface area contributed by atoms with Gasteiger partial charge in [0, 0.05) is 12.7 Å². The van der Waals surface area contributed by atoms with Gasteiger partial charge in [0.05, 0.1) is 19.8 Å². The van der Waals surface area contributed by atoms with Gasteiger partial charge in [-0.3, -0.25) is 4.79 Å². The van der Waals surface area contributed by atoms with Crippen LogP contribution in [0.3, 0.4) is 0 Å². The molecule has 0 amide bonds. The quantitative estimate of drug-likeness (QED) is 0.599. The van der Waals surface area contributed by atoms with E-state index in [1.54, 1.807) is 0 Å². The first-order valence-corrected chi connectivity index (χ1v) is 5.12. The van der Waals surface area contributed by atoms with Crippen molar-refractivity contribution in [2.75, 3.05) is 32.2 Å². The van der Waals surface area contributed by atoms with Crippen LogP contribution in [0.5, 0.6) is 0 Å². The Kier molecular flexibility index (Phi) is 8.61. The van der Waals surface area contributed by atoms with E-state index >= 15 is 0 Å². The third-order valence-corrected chi connectivity index (χ3v) is 1.91. The summed E-state index contributed by atoms with van der Waals surface area (Å²) < 4.78 is 9.80. The molecule has 0 aliphatic heterocycles. The van der Waals surface area contributed by atoms with Crippen LogP contribution >= 0.6 is 11.8 Å². The number of thioether (sulfide) groups is 1. The van der Waals surface area contributed by atoms with Crippen LogP contribution in [0.25, 0.3) is 0 Å². The monoisotopic (exact) mass is 222 g/mol. The van der Waals surface area contributed by atoms with E-state index in [0.29, 0.717) is 19.0 Å². The highest BCUT2D eigenvalue weighted by Crippen LogP contribution is 1.99. The number of ether oxygens (including phenoxy) is 2. The van der Waals surface area contributed by atoms with Crippen molar-refractivity contribution in [3.8, 4) is 0 Å². The van der Waals surface area contributed by atoms with Gasteiger partial charge in [0.1, 0.15) is 6.61 Å². The van der Waals surface area contributed by atoms with E-state index in [0.717, 1.165) is 0 Å². The van der Waals surface area contributed by atoms with Gasteiger partial charge in [0.15, 0.2) is 5.12 Å². The summed E-state index contributed by atoms with van der Waals surface area (Å²) >= 11 is 1.20. The summed E-state index contributed by atoms with van der Waals surface area (Å²) in [5.41, 5.74) is 0. The molecule has 0 radical (unpaired) electrons. The molecule has 82 valence electrons. The summed E-state index contributed by atoms with van der Waals surface area (Å²) in [5.74, 6) is -0.369. The maximum Gasteiger partial charge on any atom is 0.329 e. The summed E-state index contributed by atoms with van der Waals surface area (Å²) in [6.07, 6.45) is 0. The van der Waals surface area contributed by atoms with Crippen molar-refractivity contribution in [3.05, 3.63) is 0 Å². The van der Waals surface area contributed by atoms with Gasteiger partial charge in [-0.05, 0) is 0 Å². The number of hydrogen-bond acceptors (Lipinski definition) is 5. The molecule has 6 heteroatoms. The van der Waals surface area contributed by atoms with Crippen LogP contribution in [-0.2, 0) is 19.1 Å². The molecule has 0 rings (SSSR count). The zero-order valence-corrected chi connectivity index (χ0v) is 8.84. The highest BCUT2D eigenvalue weighted by molar-refractivity contribution is 8.13. The third-order valence-electron chi connectivity index (χ3n) is 1.13. The molecular formula is C8H14O5S. The minimum absolute atomic E-state index is 0.0655. The zero-order valence-electron chi connectivity index (χ0n) is 8.02. The van der Waals surface area contributed by atoms with Crippen LogP contribution in [0.4, 0.5) is 0 Å². The van der Waals surface area contributed by atoms with Gasteiger partial charge in [0.2, 0.25) is 0 Å². The van der Waals surface area contributed by atoms with Crippen LogP contribution < -0.4 is 0 Å². The second kappa shape index (κ2) is 8.98. The van der Waals surface area contributed by atoms with E-state index in [4.69, 9.17) is 14.6 Å². The Balaban J connectivity index is 2.99. The SMILES string of the molecule is CC(=O)SCCOCCOCC(=O)O. The topological polar surface area (TPSA) is 72.8 Å². The number of carbonyl (C=O) groups is 2. The second-order valence-corrected chi connectivity index (χ2v) is 3.67. The van der Waals surface area contributed by atoms with Gasteiger partial charge in [0.25, 0.3) is 0 Å². The number of aliphatic carboxylic acids is 1. The van der Waals surface area contributed by atoms with Crippen molar-refractivity contribution in [1.29, 1.82) is 0 Å². The Morgan fingerprint density at radius 1 is 1.21 bits per heavy atom. The average Bonchev–Trinajstić information content (AvgIpc) is 2.08. The molecule has 0 aliphatic rings. The van der Waals surface area contributed by atoms with Gasteiger partial charge in [-0.1, -0.05) is 11.8 Å². The molecule has 0 heterocycles. The second-order valence-electron chi connectivity index (χ2n) is 2.40. The van der Waals surface area contributed by atoms with Crippen molar-refractivity contribution in [2.45, 2.75) is 6.92 Å². The van der Waals surface area contributed by atoms with Gasteiger partial charge < -0.3 is 14.6 Å². The maximum atomic E-state index is 10.5.